The van der Waals surface area contributed by atoms with Crippen molar-refractivity contribution in [2.24, 2.45) is 5.92 Å². The number of anilines is 2. The molecule has 2 rings (SSSR count). The Morgan fingerprint density at radius 2 is 1.84 bits per heavy atom. The molecule has 0 amide bonds. The van der Waals surface area contributed by atoms with Gasteiger partial charge in [-0.05, 0) is 36.0 Å². The zero-order chi connectivity index (χ0) is 23.2. The standard InChI is InChI=1S/C20H30FN5O4S/c1-12(2)8-15(11-27)22-19-23-18(24-20(25-19)26-31(5,28)29)9-13(3)14-6-7-17(30-4)16(21)10-14/h6-7,10,12-13,15,27H,8-9,11H2,1-5H3,(H2,22,23,24,25,26)/t13-,15+/m0/s1. The highest BCUT2D eigenvalue weighted by Gasteiger charge is 2.17. The number of methoxy groups -OCH3 is 1. The van der Waals surface area contributed by atoms with Gasteiger partial charge in [-0.1, -0.05) is 26.8 Å². The van der Waals surface area contributed by atoms with Gasteiger partial charge in [0, 0.05) is 6.42 Å². The van der Waals surface area contributed by atoms with Crippen LogP contribution in [0.4, 0.5) is 16.3 Å². The third kappa shape index (κ3) is 7.91. The van der Waals surface area contributed by atoms with Gasteiger partial charge in [-0.2, -0.15) is 15.0 Å². The van der Waals surface area contributed by atoms with Crippen molar-refractivity contribution < 1.29 is 22.7 Å². The fourth-order valence-electron chi connectivity index (χ4n) is 3.10. The van der Waals surface area contributed by atoms with Crippen molar-refractivity contribution >= 4 is 21.9 Å². The van der Waals surface area contributed by atoms with E-state index in [2.05, 4.69) is 25.0 Å². The molecule has 9 nitrogen and oxygen atoms in total. The Labute approximate surface area is 182 Å². The lowest BCUT2D eigenvalue weighted by molar-refractivity contribution is 0.259. The van der Waals surface area contributed by atoms with Gasteiger partial charge < -0.3 is 15.2 Å². The lowest BCUT2D eigenvalue weighted by atomic mass is 9.97. The van der Waals surface area contributed by atoms with E-state index < -0.39 is 15.8 Å². The normalized spacial score (nSPS) is 13.7. The molecule has 1 aromatic heterocycles. The van der Waals surface area contributed by atoms with Crippen molar-refractivity contribution in [3.05, 3.63) is 35.4 Å². The Kier molecular flexibility index (Phi) is 8.52. The highest BCUT2D eigenvalue weighted by molar-refractivity contribution is 7.91. The van der Waals surface area contributed by atoms with Gasteiger partial charge in [0.05, 0.1) is 26.0 Å². The Hall–Kier alpha value is -2.53. The van der Waals surface area contributed by atoms with Gasteiger partial charge in [0.2, 0.25) is 21.9 Å². The van der Waals surface area contributed by atoms with Crippen molar-refractivity contribution in [3.63, 3.8) is 0 Å². The molecule has 0 aliphatic rings. The molecule has 3 N–H and O–H groups in total. The van der Waals surface area contributed by atoms with Gasteiger partial charge in [-0.25, -0.2) is 12.8 Å². The van der Waals surface area contributed by atoms with Crippen molar-refractivity contribution in [2.45, 2.75) is 45.6 Å². The molecule has 31 heavy (non-hydrogen) atoms. The number of ether oxygens (including phenoxy) is 1. The fraction of sp³-hybridized carbons (Fsp3) is 0.550. The SMILES string of the molecule is COc1ccc([C@@H](C)Cc2nc(N[C@@H](CO)CC(C)C)nc(NS(C)(=O)=O)n2)cc1F. The first-order chi connectivity index (χ1) is 14.5. The van der Waals surface area contributed by atoms with E-state index in [9.17, 15) is 17.9 Å². The Bertz CT molecular complexity index is 988. The summed E-state index contributed by atoms with van der Waals surface area (Å²) < 4.78 is 44.6. The maximum Gasteiger partial charge on any atom is 0.241 e. The molecule has 1 aromatic carbocycles. The monoisotopic (exact) mass is 455 g/mol. The van der Waals surface area contributed by atoms with Gasteiger partial charge in [-0.15, -0.1) is 0 Å². The van der Waals surface area contributed by atoms with Gasteiger partial charge >= 0.3 is 0 Å². The molecule has 11 heteroatoms. The van der Waals surface area contributed by atoms with E-state index in [0.717, 1.165) is 11.8 Å². The van der Waals surface area contributed by atoms with Gasteiger partial charge in [0.25, 0.3) is 0 Å². The second-order valence-electron chi connectivity index (χ2n) is 7.93. The second-order valence-corrected chi connectivity index (χ2v) is 9.67. The minimum Gasteiger partial charge on any atom is -0.494 e. The van der Waals surface area contributed by atoms with Crippen LogP contribution in [0.15, 0.2) is 18.2 Å². The van der Waals surface area contributed by atoms with Crippen LogP contribution >= 0.6 is 0 Å². The maximum atomic E-state index is 14.1. The number of halogens is 1. The molecular formula is C20H30FN5O4S. The van der Waals surface area contributed by atoms with Crippen LogP contribution in [0.2, 0.25) is 0 Å². The molecule has 0 aliphatic carbocycles. The summed E-state index contributed by atoms with van der Waals surface area (Å²) in [6.07, 6.45) is 1.99. The summed E-state index contributed by atoms with van der Waals surface area (Å²) in [5, 5.41) is 12.7. The highest BCUT2D eigenvalue weighted by Crippen LogP contribution is 2.25. The predicted octanol–water partition coefficient (Wildman–Crippen LogP) is 2.56. The topological polar surface area (TPSA) is 126 Å². The van der Waals surface area contributed by atoms with Gasteiger partial charge in [-0.3, -0.25) is 4.72 Å². The number of sulfonamides is 1. The summed E-state index contributed by atoms with van der Waals surface area (Å²) in [6, 6.07) is 4.40. The van der Waals surface area contributed by atoms with E-state index in [1.54, 1.807) is 12.1 Å². The summed E-state index contributed by atoms with van der Waals surface area (Å²) >= 11 is 0. The van der Waals surface area contributed by atoms with Crippen LogP contribution in [0, 0.1) is 11.7 Å². The quantitative estimate of drug-likeness (QED) is 0.472. The molecule has 0 spiro atoms. The van der Waals surface area contributed by atoms with E-state index in [0.29, 0.717) is 24.6 Å². The summed E-state index contributed by atoms with van der Waals surface area (Å²) in [5.41, 5.74) is 0.721. The van der Waals surface area contributed by atoms with Crippen LogP contribution in [0.1, 0.15) is 44.5 Å². The van der Waals surface area contributed by atoms with E-state index in [1.807, 2.05) is 20.8 Å². The molecule has 0 saturated heterocycles. The van der Waals surface area contributed by atoms with E-state index in [4.69, 9.17) is 4.74 Å². The second kappa shape index (κ2) is 10.7. The Balaban J connectivity index is 2.31. The van der Waals surface area contributed by atoms with Gasteiger partial charge in [0.1, 0.15) is 5.82 Å². The van der Waals surface area contributed by atoms with Crippen LogP contribution in [-0.2, 0) is 16.4 Å². The lowest BCUT2D eigenvalue weighted by Crippen LogP contribution is -2.27. The first-order valence-corrected chi connectivity index (χ1v) is 11.8. The average Bonchev–Trinajstić information content (AvgIpc) is 2.65. The first kappa shape index (κ1) is 24.7. The summed E-state index contributed by atoms with van der Waals surface area (Å²) in [5.74, 6) is 0.212. The van der Waals surface area contributed by atoms with Crippen LogP contribution < -0.4 is 14.8 Å². The average molecular weight is 456 g/mol. The molecule has 1 heterocycles. The summed E-state index contributed by atoms with van der Waals surface area (Å²) in [7, 11) is -2.20. The number of hydrogen-bond donors (Lipinski definition) is 3. The van der Waals surface area contributed by atoms with Crippen molar-refractivity contribution in [3.8, 4) is 5.75 Å². The number of benzene rings is 1. The zero-order valence-corrected chi connectivity index (χ0v) is 19.2. The smallest absolute Gasteiger partial charge is 0.241 e. The third-order valence-corrected chi connectivity index (χ3v) is 5.05. The van der Waals surface area contributed by atoms with Crippen LogP contribution in [0.3, 0.4) is 0 Å². The Morgan fingerprint density at radius 3 is 2.39 bits per heavy atom. The number of hydrogen-bond acceptors (Lipinski definition) is 8. The number of nitrogens with one attached hydrogen (secondary N) is 2. The number of nitrogens with zero attached hydrogens (tertiary/aromatic N) is 3. The highest BCUT2D eigenvalue weighted by atomic mass is 32.2. The molecule has 0 aliphatic heterocycles. The molecule has 172 valence electrons. The van der Waals surface area contributed by atoms with E-state index in [-0.39, 0.29) is 36.2 Å². The molecule has 0 radical (unpaired) electrons. The fourth-order valence-corrected chi connectivity index (χ4v) is 3.52. The van der Waals surface area contributed by atoms with Gasteiger partial charge in [0.15, 0.2) is 11.6 Å². The van der Waals surface area contributed by atoms with E-state index in [1.165, 1.54) is 13.2 Å². The molecule has 2 aromatic rings. The third-order valence-electron chi connectivity index (χ3n) is 4.50. The number of aliphatic hydroxyl groups excluding tert-OH is 1. The zero-order valence-electron chi connectivity index (χ0n) is 18.4. The van der Waals surface area contributed by atoms with E-state index >= 15 is 0 Å². The molecular weight excluding hydrogens is 425 g/mol. The molecule has 2 atom stereocenters. The minimum absolute atomic E-state index is 0.121. The van der Waals surface area contributed by atoms with Crippen molar-refractivity contribution in [2.75, 3.05) is 30.0 Å². The first-order valence-electron chi connectivity index (χ1n) is 9.94. The van der Waals surface area contributed by atoms with Crippen molar-refractivity contribution in [1.82, 2.24) is 15.0 Å². The summed E-state index contributed by atoms with van der Waals surface area (Å²) in [4.78, 5) is 12.7. The molecule has 0 unspecified atom stereocenters. The predicted molar refractivity (Wildman–Crippen MR) is 117 cm³/mol. The summed E-state index contributed by atoms with van der Waals surface area (Å²) in [6.45, 7) is 5.80. The number of aliphatic hydroxyl groups is 1. The van der Waals surface area contributed by atoms with Crippen molar-refractivity contribution in [1.29, 1.82) is 0 Å². The minimum atomic E-state index is -3.60. The molecule has 0 saturated carbocycles. The largest absolute Gasteiger partial charge is 0.494 e. The van der Waals surface area contributed by atoms with Crippen LogP contribution in [0.25, 0.3) is 0 Å². The lowest BCUT2D eigenvalue weighted by Gasteiger charge is -2.19. The molecule has 0 bridgehead atoms. The number of rotatable bonds is 11. The molecule has 0 fully saturated rings. The maximum absolute atomic E-state index is 14.1. The van der Waals surface area contributed by atoms with Crippen LogP contribution in [-0.4, -0.2) is 54.5 Å². The Morgan fingerprint density at radius 1 is 1.16 bits per heavy atom. The van der Waals surface area contributed by atoms with Crippen LogP contribution in [0.5, 0.6) is 5.75 Å². The number of aromatic nitrogens is 3.